The number of aromatic nitrogens is 4. The van der Waals surface area contributed by atoms with Crippen LogP contribution in [0.5, 0.6) is 0 Å². The van der Waals surface area contributed by atoms with E-state index in [1.165, 1.54) is 19.4 Å². The fourth-order valence-corrected chi connectivity index (χ4v) is 3.33. The van der Waals surface area contributed by atoms with Gasteiger partial charge in [-0.15, -0.1) is 0 Å². The average molecular weight is 313 g/mol. The van der Waals surface area contributed by atoms with Gasteiger partial charge in [-0.05, 0) is 53.1 Å². The van der Waals surface area contributed by atoms with Crippen LogP contribution in [0.3, 0.4) is 0 Å². The van der Waals surface area contributed by atoms with Gasteiger partial charge in [-0.3, -0.25) is 14.6 Å². The van der Waals surface area contributed by atoms with Gasteiger partial charge in [0.15, 0.2) is 0 Å². The first-order chi connectivity index (χ1) is 11.1. The van der Waals surface area contributed by atoms with Gasteiger partial charge in [0, 0.05) is 36.9 Å². The van der Waals surface area contributed by atoms with Crippen LogP contribution in [-0.2, 0) is 0 Å². The summed E-state index contributed by atoms with van der Waals surface area (Å²) in [7, 11) is 0. The maximum absolute atomic E-state index is 4.72. The highest BCUT2D eigenvalue weighted by atomic mass is 15.3. The van der Waals surface area contributed by atoms with Crippen molar-refractivity contribution in [1.29, 1.82) is 0 Å². The van der Waals surface area contributed by atoms with E-state index >= 15 is 0 Å². The molecule has 5 heteroatoms. The summed E-state index contributed by atoms with van der Waals surface area (Å²) >= 11 is 0. The van der Waals surface area contributed by atoms with E-state index in [9.17, 15) is 0 Å². The van der Waals surface area contributed by atoms with Crippen LogP contribution in [0.1, 0.15) is 58.2 Å². The molecule has 1 aliphatic rings. The Hall–Kier alpha value is -1.75. The Morgan fingerprint density at radius 3 is 2.57 bits per heavy atom. The van der Waals surface area contributed by atoms with E-state index in [4.69, 9.17) is 4.98 Å². The molecular weight excluding hydrogens is 286 g/mol. The summed E-state index contributed by atoms with van der Waals surface area (Å²) in [4.78, 5) is 11.9. The van der Waals surface area contributed by atoms with Crippen LogP contribution in [-0.4, -0.2) is 43.8 Å². The van der Waals surface area contributed by atoms with Crippen molar-refractivity contribution in [2.75, 3.05) is 13.1 Å². The molecule has 2 aromatic heterocycles. The quantitative estimate of drug-likeness (QED) is 0.866. The lowest BCUT2D eigenvalue weighted by atomic mass is 9.94. The third-order valence-electron chi connectivity index (χ3n) is 4.70. The molecule has 0 bridgehead atoms. The molecule has 0 aliphatic carbocycles. The number of nitrogens with zero attached hydrogens (tertiary/aromatic N) is 5. The zero-order valence-electron chi connectivity index (χ0n) is 14.6. The lowest BCUT2D eigenvalue weighted by molar-refractivity contribution is 0.166. The standard InChI is InChI=1S/C18H27N5/c1-13(2)22-9-5-6-15(12-22)16-10-20-17(11-19-16)18-7-8-21-23(18)14(3)4/h7-8,10-11,13-15H,5-6,9,12H2,1-4H3/t15-/m0/s1. The fraction of sp³-hybridized carbons (Fsp3) is 0.611. The van der Waals surface area contributed by atoms with Crippen LogP contribution in [0, 0.1) is 0 Å². The van der Waals surface area contributed by atoms with Crippen molar-refractivity contribution in [3.63, 3.8) is 0 Å². The van der Waals surface area contributed by atoms with Crippen molar-refractivity contribution >= 4 is 0 Å². The van der Waals surface area contributed by atoms with Crippen molar-refractivity contribution in [2.24, 2.45) is 0 Å². The largest absolute Gasteiger partial charge is 0.300 e. The van der Waals surface area contributed by atoms with E-state index in [-0.39, 0.29) is 0 Å². The molecule has 0 radical (unpaired) electrons. The number of hydrogen-bond acceptors (Lipinski definition) is 4. The summed E-state index contributed by atoms with van der Waals surface area (Å²) in [6.07, 6.45) is 8.14. The van der Waals surface area contributed by atoms with Gasteiger partial charge in [0.2, 0.25) is 0 Å². The van der Waals surface area contributed by atoms with Gasteiger partial charge in [0.1, 0.15) is 5.69 Å². The topological polar surface area (TPSA) is 46.8 Å². The van der Waals surface area contributed by atoms with Crippen molar-refractivity contribution < 1.29 is 0 Å². The van der Waals surface area contributed by atoms with Gasteiger partial charge >= 0.3 is 0 Å². The minimum Gasteiger partial charge on any atom is -0.300 e. The molecule has 1 atom stereocenters. The Balaban J connectivity index is 1.78. The zero-order chi connectivity index (χ0) is 16.4. The second kappa shape index (κ2) is 6.79. The fourth-order valence-electron chi connectivity index (χ4n) is 3.33. The molecule has 0 unspecified atom stereocenters. The monoisotopic (exact) mass is 313 g/mol. The molecule has 1 fully saturated rings. The SMILES string of the molecule is CC(C)N1CCC[C@H](c2cnc(-c3ccnn3C(C)C)cn2)C1. The van der Waals surface area contributed by atoms with E-state index in [0.717, 1.165) is 23.6 Å². The van der Waals surface area contributed by atoms with Crippen LogP contribution < -0.4 is 0 Å². The molecule has 23 heavy (non-hydrogen) atoms. The first kappa shape index (κ1) is 16.1. The Labute approximate surface area is 138 Å². The Bertz CT molecular complexity index is 629. The number of rotatable bonds is 4. The Kier molecular flexibility index (Phi) is 4.76. The van der Waals surface area contributed by atoms with E-state index in [1.54, 1.807) is 0 Å². The second-order valence-corrected chi connectivity index (χ2v) is 7.01. The third kappa shape index (κ3) is 3.44. The number of piperidine rings is 1. The van der Waals surface area contributed by atoms with Crippen LogP contribution >= 0.6 is 0 Å². The Morgan fingerprint density at radius 1 is 1.09 bits per heavy atom. The van der Waals surface area contributed by atoms with E-state index < -0.39 is 0 Å². The lowest BCUT2D eigenvalue weighted by Crippen LogP contribution is -2.39. The Morgan fingerprint density at radius 2 is 1.91 bits per heavy atom. The highest BCUT2D eigenvalue weighted by molar-refractivity contribution is 5.52. The average Bonchev–Trinajstić information content (AvgIpc) is 3.05. The summed E-state index contributed by atoms with van der Waals surface area (Å²) in [6, 6.07) is 2.93. The van der Waals surface area contributed by atoms with Gasteiger partial charge < -0.3 is 4.90 Å². The van der Waals surface area contributed by atoms with Crippen LogP contribution in [0.15, 0.2) is 24.7 Å². The molecule has 0 saturated carbocycles. The predicted molar refractivity (Wildman–Crippen MR) is 92.3 cm³/mol. The molecular formula is C18H27N5. The maximum atomic E-state index is 4.72. The summed E-state index contributed by atoms with van der Waals surface area (Å²) in [6.45, 7) is 11.1. The van der Waals surface area contributed by atoms with Gasteiger partial charge in [0.25, 0.3) is 0 Å². The van der Waals surface area contributed by atoms with Gasteiger partial charge in [-0.25, -0.2) is 0 Å². The van der Waals surface area contributed by atoms with Crippen LogP contribution in [0.4, 0.5) is 0 Å². The van der Waals surface area contributed by atoms with Crippen molar-refractivity contribution in [3.05, 3.63) is 30.4 Å². The van der Waals surface area contributed by atoms with Gasteiger partial charge in [-0.2, -0.15) is 5.10 Å². The summed E-state index contributed by atoms with van der Waals surface area (Å²) in [5, 5.41) is 4.38. The summed E-state index contributed by atoms with van der Waals surface area (Å²) in [5.74, 6) is 0.503. The highest BCUT2D eigenvalue weighted by Gasteiger charge is 2.24. The third-order valence-corrected chi connectivity index (χ3v) is 4.70. The number of hydrogen-bond donors (Lipinski definition) is 0. The van der Waals surface area contributed by atoms with Crippen molar-refractivity contribution in [3.8, 4) is 11.4 Å². The second-order valence-electron chi connectivity index (χ2n) is 7.01. The normalized spacial score (nSPS) is 19.7. The van der Waals surface area contributed by atoms with Crippen molar-refractivity contribution in [2.45, 2.75) is 58.5 Å². The van der Waals surface area contributed by atoms with Crippen LogP contribution in [0.2, 0.25) is 0 Å². The molecule has 0 aromatic carbocycles. The minimum atomic E-state index is 0.319. The molecule has 0 N–H and O–H groups in total. The molecule has 3 heterocycles. The molecule has 5 nitrogen and oxygen atoms in total. The number of likely N-dealkylation sites (tertiary alicyclic amines) is 1. The maximum Gasteiger partial charge on any atom is 0.107 e. The van der Waals surface area contributed by atoms with Gasteiger partial charge in [-0.1, -0.05) is 0 Å². The predicted octanol–water partition coefficient (Wildman–Crippen LogP) is 3.51. The summed E-state index contributed by atoms with van der Waals surface area (Å²) in [5.41, 5.74) is 3.05. The highest BCUT2D eigenvalue weighted by Crippen LogP contribution is 2.27. The molecule has 3 rings (SSSR count). The molecule has 0 spiro atoms. The first-order valence-corrected chi connectivity index (χ1v) is 8.66. The molecule has 1 saturated heterocycles. The van der Waals surface area contributed by atoms with Crippen LogP contribution in [0.25, 0.3) is 11.4 Å². The van der Waals surface area contributed by atoms with E-state index in [0.29, 0.717) is 18.0 Å². The smallest absolute Gasteiger partial charge is 0.107 e. The zero-order valence-corrected chi connectivity index (χ0v) is 14.6. The molecule has 0 amide bonds. The first-order valence-electron chi connectivity index (χ1n) is 8.66. The minimum absolute atomic E-state index is 0.319. The molecule has 2 aromatic rings. The summed E-state index contributed by atoms with van der Waals surface area (Å²) < 4.78 is 1.99. The lowest BCUT2D eigenvalue weighted by Gasteiger charge is -2.35. The molecule has 1 aliphatic heterocycles. The van der Waals surface area contributed by atoms with Crippen molar-refractivity contribution in [1.82, 2.24) is 24.6 Å². The van der Waals surface area contributed by atoms with E-state index in [2.05, 4.69) is 42.7 Å². The van der Waals surface area contributed by atoms with Gasteiger partial charge in [0.05, 0.1) is 17.6 Å². The van der Waals surface area contributed by atoms with E-state index in [1.807, 2.05) is 29.3 Å². The molecule has 124 valence electrons.